The fraction of sp³-hybridized carbons (Fsp3) is 0.412. The Balaban J connectivity index is 1.43. The van der Waals surface area contributed by atoms with Crippen LogP contribution in [0.15, 0.2) is 72.8 Å². The van der Waals surface area contributed by atoms with E-state index in [0.29, 0.717) is 30.1 Å². The van der Waals surface area contributed by atoms with Crippen LogP contribution in [0.3, 0.4) is 0 Å². The molecule has 4 rings (SSSR count). The molecule has 1 saturated heterocycles. The largest absolute Gasteiger partial charge is 0.371 e. The van der Waals surface area contributed by atoms with Crippen LogP contribution in [0, 0.1) is 11.7 Å². The molecule has 0 spiro atoms. The Bertz CT molecular complexity index is 1220. The third-order valence-electron chi connectivity index (χ3n) is 7.72. The van der Waals surface area contributed by atoms with E-state index in [9.17, 15) is 14.0 Å². The number of nitrogens with zero attached hydrogens (tertiary/aromatic N) is 1. The van der Waals surface area contributed by atoms with Gasteiger partial charge in [-0.1, -0.05) is 75.1 Å². The van der Waals surface area contributed by atoms with E-state index in [1.807, 2.05) is 12.1 Å². The number of anilines is 2. The minimum absolute atomic E-state index is 0.0244. The van der Waals surface area contributed by atoms with E-state index in [-0.39, 0.29) is 17.6 Å². The molecular formula is C34H42FN3O2. The summed E-state index contributed by atoms with van der Waals surface area (Å²) in [4.78, 5) is 28.3. The minimum atomic E-state index is -0.304. The molecule has 3 aromatic rings. The van der Waals surface area contributed by atoms with Gasteiger partial charge in [-0.05, 0) is 73.1 Å². The Morgan fingerprint density at radius 2 is 1.60 bits per heavy atom. The molecule has 212 valence electrons. The number of benzene rings is 3. The number of carbonyl (C=O) groups excluding carboxylic acids is 2. The lowest BCUT2D eigenvalue weighted by Crippen LogP contribution is -2.36. The smallest absolute Gasteiger partial charge is 0.253 e. The van der Waals surface area contributed by atoms with Crippen molar-refractivity contribution < 1.29 is 14.0 Å². The number of piperidine rings is 1. The highest BCUT2D eigenvalue weighted by Crippen LogP contribution is 2.30. The topological polar surface area (TPSA) is 61.4 Å². The second-order valence-corrected chi connectivity index (χ2v) is 10.9. The van der Waals surface area contributed by atoms with Crippen LogP contribution in [0.4, 0.5) is 15.8 Å². The summed E-state index contributed by atoms with van der Waals surface area (Å²) in [7, 11) is 0. The van der Waals surface area contributed by atoms with Gasteiger partial charge in [-0.25, -0.2) is 4.39 Å². The normalized spacial score (nSPS) is 13.7. The van der Waals surface area contributed by atoms with Gasteiger partial charge in [-0.2, -0.15) is 0 Å². The molecule has 1 aliphatic rings. The predicted octanol–water partition coefficient (Wildman–Crippen LogP) is 7.51. The predicted molar refractivity (Wildman–Crippen MR) is 161 cm³/mol. The first-order chi connectivity index (χ1) is 19.5. The van der Waals surface area contributed by atoms with Gasteiger partial charge in [0.25, 0.3) is 5.91 Å². The molecule has 0 unspecified atom stereocenters. The van der Waals surface area contributed by atoms with Crippen molar-refractivity contribution in [1.82, 2.24) is 5.32 Å². The zero-order valence-electron chi connectivity index (χ0n) is 23.6. The van der Waals surface area contributed by atoms with Gasteiger partial charge in [0.1, 0.15) is 5.82 Å². The number of unbranched alkanes of at least 4 members (excludes halogenated alkanes) is 4. The monoisotopic (exact) mass is 543 g/mol. The number of nitrogens with one attached hydrogen (secondary N) is 2. The molecular weight excluding hydrogens is 501 g/mol. The maximum absolute atomic E-state index is 13.4. The Morgan fingerprint density at radius 3 is 2.33 bits per heavy atom. The average molecular weight is 544 g/mol. The summed E-state index contributed by atoms with van der Waals surface area (Å²) < 4.78 is 13.3. The fourth-order valence-corrected chi connectivity index (χ4v) is 5.39. The highest BCUT2D eigenvalue weighted by molar-refractivity contribution is 6.02. The third-order valence-corrected chi connectivity index (χ3v) is 7.72. The van der Waals surface area contributed by atoms with Gasteiger partial charge in [-0.3, -0.25) is 9.59 Å². The number of rotatable bonds is 13. The number of hydrogen-bond acceptors (Lipinski definition) is 3. The molecule has 6 heteroatoms. The van der Waals surface area contributed by atoms with E-state index in [4.69, 9.17) is 0 Å². The molecule has 0 radical (unpaired) electrons. The second-order valence-electron chi connectivity index (χ2n) is 10.9. The molecule has 1 heterocycles. The van der Waals surface area contributed by atoms with Crippen molar-refractivity contribution in [1.29, 1.82) is 0 Å². The van der Waals surface area contributed by atoms with Gasteiger partial charge in [0.2, 0.25) is 5.91 Å². The molecule has 0 bridgehead atoms. The summed E-state index contributed by atoms with van der Waals surface area (Å²) in [5.41, 5.74) is 4.25. The highest BCUT2D eigenvalue weighted by Gasteiger charge is 2.24. The van der Waals surface area contributed by atoms with Crippen molar-refractivity contribution in [2.45, 2.75) is 71.3 Å². The van der Waals surface area contributed by atoms with Crippen LogP contribution in [0.1, 0.15) is 79.8 Å². The second kappa shape index (κ2) is 15.2. The Hall–Kier alpha value is -3.67. The van der Waals surface area contributed by atoms with Gasteiger partial charge < -0.3 is 15.5 Å². The van der Waals surface area contributed by atoms with Gasteiger partial charge in [0.15, 0.2) is 0 Å². The lowest BCUT2D eigenvalue weighted by atomic mass is 9.89. The number of amides is 2. The van der Waals surface area contributed by atoms with Crippen LogP contribution in [0.5, 0.6) is 0 Å². The summed E-state index contributed by atoms with van der Waals surface area (Å²) in [5, 5.41) is 5.98. The van der Waals surface area contributed by atoms with Crippen LogP contribution in [-0.4, -0.2) is 24.9 Å². The summed E-state index contributed by atoms with van der Waals surface area (Å²) in [6.07, 6.45) is 9.11. The van der Waals surface area contributed by atoms with E-state index in [1.165, 1.54) is 30.5 Å². The fourth-order valence-electron chi connectivity index (χ4n) is 5.39. The maximum Gasteiger partial charge on any atom is 0.253 e. The Kier molecular flexibility index (Phi) is 11.1. The van der Waals surface area contributed by atoms with Gasteiger partial charge in [-0.15, -0.1) is 0 Å². The van der Waals surface area contributed by atoms with E-state index in [0.717, 1.165) is 62.9 Å². The molecule has 0 aromatic heterocycles. The number of halogens is 1. The third kappa shape index (κ3) is 8.94. The zero-order valence-corrected chi connectivity index (χ0v) is 23.6. The van der Waals surface area contributed by atoms with Crippen molar-refractivity contribution in [2.24, 2.45) is 5.92 Å². The maximum atomic E-state index is 13.4. The molecule has 1 aliphatic heterocycles. The molecule has 40 heavy (non-hydrogen) atoms. The minimum Gasteiger partial charge on any atom is -0.371 e. The van der Waals surface area contributed by atoms with Crippen LogP contribution in [-0.2, 0) is 17.8 Å². The van der Waals surface area contributed by atoms with Gasteiger partial charge >= 0.3 is 0 Å². The van der Waals surface area contributed by atoms with E-state index < -0.39 is 0 Å². The number of carbonyl (C=O) groups is 2. The van der Waals surface area contributed by atoms with Gasteiger partial charge in [0.05, 0.1) is 5.56 Å². The van der Waals surface area contributed by atoms with Crippen LogP contribution < -0.4 is 15.5 Å². The molecule has 0 saturated carbocycles. The van der Waals surface area contributed by atoms with Crippen molar-refractivity contribution in [3.05, 3.63) is 95.3 Å². The number of hydrogen-bond donors (Lipinski definition) is 2. The van der Waals surface area contributed by atoms with E-state index in [2.05, 4.69) is 52.8 Å². The first-order valence-electron chi connectivity index (χ1n) is 14.8. The van der Waals surface area contributed by atoms with Crippen LogP contribution >= 0.6 is 0 Å². The standard InChI is InChI=1S/C34H42FN3O2/c1-2-3-4-5-9-12-33(39)37-30-17-18-32(31(24-30)34(40)36-25-28-13-15-29(35)16-14-28)38-21-19-27(20-22-38)23-26-10-7-6-8-11-26/h6-8,10-11,13-18,24,27H,2-5,9,12,19-23,25H2,1H3,(H,36,40)(H,37,39). The molecule has 5 nitrogen and oxygen atoms in total. The SMILES string of the molecule is CCCCCCCC(=O)Nc1ccc(N2CCC(Cc3ccccc3)CC2)c(C(=O)NCc2ccc(F)cc2)c1. The molecule has 2 N–H and O–H groups in total. The summed E-state index contributed by atoms with van der Waals surface area (Å²) in [6.45, 7) is 4.22. The summed E-state index contributed by atoms with van der Waals surface area (Å²) >= 11 is 0. The molecule has 3 aromatic carbocycles. The van der Waals surface area contributed by atoms with Crippen molar-refractivity contribution >= 4 is 23.2 Å². The van der Waals surface area contributed by atoms with Gasteiger partial charge in [0, 0.05) is 37.4 Å². The van der Waals surface area contributed by atoms with E-state index >= 15 is 0 Å². The van der Waals surface area contributed by atoms with Crippen molar-refractivity contribution in [3.63, 3.8) is 0 Å². The first-order valence-corrected chi connectivity index (χ1v) is 14.8. The molecule has 1 fully saturated rings. The van der Waals surface area contributed by atoms with Crippen LogP contribution in [0.2, 0.25) is 0 Å². The summed E-state index contributed by atoms with van der Waals surface area (Å²) in [6, 6.07) is 22.4. The molecule has 0 aliphatic carbocycles. The quantitative estimate of drug-likeness (QED) is 0.219. The Labute approximate surface area is 238 Å². The van der Waals surface area contributed by atoms with Crippen molar-refractivity contribution in [2.75, 3.05) is 23.3 Å². The molecule has 0 atom stereocenters. The molecule has 2 amide bonds. The van der Waals surface area contributed by atoms with Crippen molar-refractivity contribution in [3.8, 4) is 0 Å². The first kappa shape index (κ1) is 29.3. The van der Waals surface area contributed by atoms with Crippen LogP contribution in [0.25, 0.3) is 0 Å². The highest BCUT2D eigenvalue weighted by atomic mass is 19.1. The Morgan fingerprint density at radius 1 is 0.875 bits per heavy atom. The summed E-state index contributed by atoms with van der Waals surface area (Å²) in [5.74, 6) is 0.0807. The lowest BCUT2D eigenvalue weighted by molar-refractivity contribution is -0.116. The lowest BCUT2D eigenvalue weighted by Gasteiger charge is -2.35. The zero-order chi connectivity index (χ0) is 28.2. The average Bonchev–Trinajstić information content (AvgIpc) is 2.97. The van der Waals surface area contributed by atoms with E-state index in [1.54, 1.807) is 18.2 Å².